The lowest BCUT2D eigenvalue weighted by Crippen LogP contribution is -2.48. The summed E-state index contributed by atoms with van der Waals surface area (Å²) in [6.45, 7) is 2.77. The van der Waals surface area contributed by atoms with E-state index in [-0.39, 0.29) is 24.1 Å². The largest absolute Gasteiger partial charge is 0.493 e. The predicted octanol–water partition coefficient (Wildman–Crippen LogP) is 2.97. The molecule has 5 heteroatoms. The number of methoxy groups -OCH3 is 1. The molecule has 1 aliphatic heterocycles. The van der Waals surface area contributed by atoms with Gasteiger partial charge in [0.2, 0.25) is 0 Å². The van der Waals surface area contributed by atoms with Crippen molar-refractivity contribution in [1.82, 2.24) is 4.90 Å². The van der Waals surface area contributed by atoms with Gasteiger partial charge in [0.1, 0.15) is 0 Å². The average Bonchev–Trinajstić information content (AvgIpc) is 3.07. The number of likely N-dealkylation sites (tertiary alicyclic amines) is 1. The Hall–Kier alpha value is -1.75. The summed E-state index contributed by atoms with van der Waals surface area (Å²) in [4.78, 5) is 14.7. The minimum absolute atomic E-state index is 0.0418. The lowest BCUT2D eigenvalue weighted by molar-refractivity contribution is 0.0618. The van der Waals surface area contributed by atoms with Crippen LogP contribution in [0.25, 0.3) is 0 Å². The number of piperidine rings is 1. The summed E-state index contributed by atoms with van der Waals surface area (Å²) in [6.07, 6.45) is 6.60. The van der Waals surface area contributed by atoms with E-state index in [0.717, 1.165) is 31.4 Å². The predicted molar refractivity (Wildman–Crippen MR) is 93.6 cm³/mol. The van der Waals surface area contributed by atoms with Crippen LogP contribution in [0.3, 0.4) is 0 Å². The van der Waals surface area contributed by atoms with Gasteiger partial charge in [0.05, 0.1) is 13.2 Å². The molecule has 1 aliphatic carbocycles. The first kappa shape index (κ1) is 17.1. The quantitative estimate of drug-likeness (QED) is 0.920. The lowest BCUT2D eigenvalue weighted by atomic mass is 9.98. The van der Waals surface area contributed by atoms with Gasteiger partial charge in [-0.3, -0.25) is 4.79 Å². The molecule has 1 aromatic rings. The molecule has 1 heterocycles. The van der Waals surface area contributed by atoms with Gasteiger partial charge in [0, 0.05) is 24.2 Å². The van der Waals surface area contributed by atoms with E-state index in [1.54, 1.807) is 13.2 Å². The number of hydrogen-bond donors (Lipinski definition) is 1. The second kappa shape index (κ2) is 7.43. The van der Waals surface area contributed by atoms with Gasteiger partial charge in [0.15, 0.2) is 11.5 Å². The molecule has 0 aromatic heterocycles. The van der Waals surface area contributed by atoms with Gasteiger partial charge in [-0.15, -0.1) is 0 Å². The summed E-state index contributed by atoms with van der Waals surface area (Å²) in [5.74, 6) is 1.41. The highest BCUT2D eigenvalue weighted by Gasteiger charge is 2.28. The fourth-order valence-electron chi connectivity index (χ4n) is 3.76. The molecule has 2 aliphatic rings. The smallest absolute Gasteiger partial charge is 0.254 e. The van der Waals surface area contributed by atoms with Crippen LogP contribution in [0.4, 0.5) is 0 Å². The molecule has 2 fully saturated rings. The number of hydrogen-bond acceptors (Lipinski definition) is 4. The number of ether oxygens (including phenoxy) is 2. The highest BCUT2D eigenvalue weighted by molar-refractivity contribution is 5.95. The molecule has 0 bridgehead atoms. The van der Waals surface area contributed by atoms with Crippen LogP contribution < -0.4 is 15.2 Å². The Bertz CT molecular complexity index is 584. The minimum atomic E-state index is 0.0418. The Morgan fingerprint density at radius 3 is 2.62 bits per heavy atom. The van der Waals surface area contributed by atoms with Gasteiger partial charge >= 0.3 is 0 Å². The molecule has 1 saturated heterocycles. The van der Waals surface area contributed by atoms with E-state index in [1.165, 1.54) is 12.8 Å². The average molecular weight is 332 g/mol. The number of nitrogens with zero attached hydrogens (tertiary/aromatic N) is 1. The molecule has 0 radical (unpaired) electrons. The number of benzene rings is 1. The van der Waals surface area contributed by atoms with Crippen molar-refractivity contribution in [1.29, 1.82) is 0 Å². The van der Waals surface area contributed by atoms with Gasteiger partial charge < -0.3 is 20.1 Å². The van der Waals surface area contributed by atoms with Crippen LogP contribution in [0, 0.1) is 0 Å². The molecule has 132 valence electrons. The Balaban J connectivity index is 1.74. The van der Waals surface area contributed by atoms with Crippen molar-refractivity contribution in [2.24, 2.45) is 5.73 Å². The van der Waals surface area contributed by atoms with E-state index in [4.69, 9.17) is 15.2 Å². The van der Waals surface area contributed by atoms with Crippen molar-refractivity contribution >= 4 is 5.91 Å². The van der Waals surface area contributed by atoms with E-state index in [0.29, 0.717) is 17.9 Å². The number of amides is 1. The van der Waals surface area contributed by atoms with Crippen molar-refractivity contribution in [2.75, 3.05) is 13.7 Å². The molecule has 3 rings (SSSR count). The first-order valence-electron chi connectivity index (χ1n) is 8.99. The molecular formula is C19H28N2O3. The summed E-state index contributed by atoms with van der Waals surface area (Å²) >= 11 is 0. The first-order valence-corrected chi connectivity index (χ1v) is 8.99. The molecule has 2 N–H and O–H groups in total. The second-order valence-corrected chi connectivity index (χ2v) is 7.02. The third kappa shape index (κ3) is 3.66. The normalized spacial score (nSPS) is 24.9. The SMILES string of the molecule is COc1cc(C(=O)N2CC[C@@H](N)C[C@H]2C)ccc1OC1CCCC1. The van der Waals surface area contributed by atoms with Gasteiger partial charge in [-0.05, 0) is 63.6 Å². The highest BCUT2D eigenvalue weighted by Crippen LogP contribution is 2.33. The second-order valence-electron chi connectivity index (χ2n) is 7.02. The molecular weight excluding hydrogens is 304 g/mol. The number of nitrogens with two attached hydrogens (primary N) is 1. The Morgan fingerprint density at radius 2 is 1.96 bits per heavy atom. The molecule has 24 heavy (non-hydrogen) atoms. The van der Waals surface area contributed by atoms with Crippen LogP contribution in [0.5, 0.6) is 11.5 Å². The van der Waals surface area contributed by atoms with Gasteiger partial charge in [-0.1, -0.05) is 0 Å². The van der Waals surface area contributed by atoms with E-state index < -0.39 is 0 Å². The van der Waals surface area contributed by atoms with Gasteiger partial charge in [-0.2, -0.15) is 0 Å². The maximum Gasteiger partial charge on any atom is 0.254 e. The monoisotopic (exact) mass is 332 g/mol. The van der Waals surface area contributed by atoms with E-state index in [9.17, 15) is 4.79 Å². The van der Waals surface area contributed by atoms with Crippen LogP contribution in [-0.4, -0.2) is 42.6 Å². The Kier molecular flexibility index (Phi) is 5.29. The maximum atomic E-state index is 12.8. The topological polar surface area (TPSA) is 64.8 Å². The van der Waals surface area contributed by atoms with E-state index in [1.807, 2.05) is 17.0 Å². The zero-order valence-corrected chi connectivity index (χ0v) is 14.7. The number of carbonyl (C=O) groups is 1. The van der Waals surface area contributed by atoms with Crippen LogP contribution in [0.2, 0.25) is 0 Å². The van der Waals surface area contributed by atoms with Crippen molar-refractivity contribution in [3.05, 3.63) is 23.8 Å². The molecule has 1 aromatic carbocycles. The van der Waals surface area contributed by atoms with Crippen molar-refractivity contribution in [3.63, 3.8) is 0 Å². The Labute approximate surface area is 144 Å². The van der Waals surface area contributed by atoms with Crippen molar-refractivity contribution < 1.29 is 14.3 Å². The number of rotatable bonds is 4. The molecule has 2 atom stereocenters. The molecule has 5 nitrogen and oxygen atoms in total. The summed E-state index contributed by atoms with van der Waals surface area (Å²) in [7, 11) is 1.62. The van der Waals surface area contributed by atoms with Gasteiger partial charge in [-0.25, -0.2) is 0 Å². The third-order valence-corrected chi connectivity index (χ3v) is 5.18. The fourth-order valence-corrected chi connectivity index (χ4v) is 3.76. The van der Waals surface area contributed by atoms with E-state index >= 15 is 0 Å². The third-order valence-electron chi connectivity index (χ3n) is 5.18. The van der Waals surface area contributed by atoms with Crippen molar-refractivity contribution in [2.45, 2.75) is 63.6 Å². The van der Waals surface area contributed by atoms with Crippen LogP contribution in [0.1, 0.15) is 55.8 Å². The summed E-state index contributed by atoms with van der Waals surface area (Å²) in [5.41, 5.74) is 6.64. The standard InChI is InChI=1S/C19H28N2O3/c1-13-11-15(20)9-10-21(13)19(22)14-7-8-17(18(12-14)23-2)24-16-5-3-4-6-16/h7-8,12-13,15-16H,3-6,9-11,20H2,1-2H3/t13-,15-/m1/s1. The maximum absolute atomic E-state index is 12.8. The zero-order valence-electron chi connectivity index (χ0n) is 14.7. The Morgan fingerprint density at radius 1 is 1.21 bits per heavy atom. The number of carbonyl (C=O) groups excluding carboxylic acids is 1. The lowest BCUT2D eigenvalue weighted by Gasteiger charge is -2.36. The summed E-state index contributed by atoms with van der Waals surface area (Å²) in [5, 5.41) is 0. The van der Waals surface area contributed by atoms with Crippen molar-refractivity contribution in [3.8, 4) is 11.5 Å². The molecule has 1 saturated carbocycles. The molecule has 1 amide bonds. The summed E-state index contributed by atoms with van der Waals surface area (Å²) < 4.78 is 11.5. The van der Waals surface area contributed by atoms with Crippen LogP contribution in [-0.2, 0) is 0 Å². The van der Waals surface area contributed by atoms with E-state index in [2.05, 4.69) is 6.92 Å². The fraction of sp³-hybridized carbons (Fsp3) is 0.632. The first-order chi connectivity index (χ1) is 11.6. The molecule has 0 spiro atoms. The van der Waals surface area contributed by atoms with Crippen LogP contribution in [0.15, 0.2) is 18.2 Å². The van der Waals surface area contributed by atoms with Crippen LogP contribution >= 0.6 is 0 Å². The molecule has 0 unspecified atom stereocenters. The highest BCUT2D eigenvalue weighted by atomic mass is 16.5. The summed E-state index contributed by atoms with van der Waals surface area (Å²) in [6, 6.07) is 5.87. The zero-order chi connectivity index (χ0) is 17.1. The van der Waals surface area contributed by atoms with Gasteiger partial charge in [0.25, 0.3) is 5.91 Å². The minimum Gasteiger partial charge on any atom is -0.493 e.